The van der Waals surface area contributed by atoms with Crippen molar-refractivity contribution >= 4 is 33.3 Å². The summed E-state index contributed by atoms with van der Waals surface area (Å²) < 4.78 is 39.5. The Morgan fingerprint density at radius 2 is 1.78 bits per heavy atom. The van der Waals surface area contributed by atoms with E-state index in [1.54, 1.807) is 71.6 Å². The Balaban J connectivity index is 1.69. The molecule has 10 heteroatoms. The molecule has 0 bridgehead atoms. The van der Waals surface area contributed by atoms with Crippen molar-refractivity contribution < 1.29 is 27.5 Å². The molecule has 5 rings (SSSR count). The van der Waals surface area contributed by atoms with Crippen LogP contribution in [-0.4, -0.2) is 52.0 Å². The maximum atomic E-state index is 14.0. The molecule has 192 valence electrons. The van der Waals surface area contributed by atoms with E-state index >= 15 is 0 Å². The van der Waals surface area contributed by atoms with Gasteiger partial charge in [0.05, 0.1) is 49.4 Å². The van der Waals surface area contributed by atoms with Gasteiger partial charge < -0.3 is 19.7 Å². The van der Waals surface area contributed by atoms with Gasteiger partial charge in [-0.15, -0.1) is 0 Å². The van der Waals surface area contributed by atoms with Crippen molar-refractivity contribution in [1.29, 1.82) is 0 Å². The third-order valence-electron chi connectivity index (χ3n) is 6.77. The largest absolute Gasteiger partial charge is 0.497 e. The minimum absolute atomic E-state index is 0.122. The SMILES string of the molecule is COC(=O)C[C@@H]1CN(S(=O)(=O)c2ccc(C)cc2)c2ccccc2[C@H]2Nc3ccc(OC)cc3C(=O)N12. The van der Waals surface area contributed by atoms with E-state index in [9.17, 15) is 18.0 Å². The second-order valence-corrected chi connectivity index (χ2v) is 10.9. The van der Waals surface area contributed by atoms with Crippen LogP contribution in [0.25, 0.3) is 0 Å². The molecule has 0 saturated heterocycles. The molecule has 9 nitrogen and oxygen atoms in total. The molecule has 3 aromatic carbocycles. The van der Waals surface area contributed by atoms with Crippen LogP contribution in [0.1, 0.15) is 34.1 Å². The number of esters is 1. The minimum atomic E-state index is -4.03. The lowest BCUT2D eigenvalue weighted by atomic mass is 10.0. The first-order valence-corrected chi connectivity index (χ1v) is 13.2. The van der Waals surface area contributed by atoms with Gasteiger partial charge in [-0.1, -0.05) is 35.9 Å². The Morgan fingerprint density at radius 1 is 1.05 bits per heavy atom. The molecule has 0 aliphatic carbocycles. The first-order valence-electron chi connectivity index (χ1n) is 11.8. The van der Waals surface area contributed by atoms with Crippen molar-refractivity contribution in [3.63, 3.8) is 0 Å². The molecule has 1 amide bonds. The molecule has 2 heterocycles. The van der Waals surface area contributed by atoms with E-state index in [0.717, 1.165) is 5.56 Å². The molecule has 0 unspecified atom stereocenters. The van der Waals surface area contributed by atoms with E-state index in [2.05, 4.69) is 5.32 Å². The summed E-state index contributed by atoms with van der Waals surface area (Å²) in [5, 5.41) is 3.39. The normalized spacial score (nSPS) is 18.6. The number of sulfonamides is 1. The number of amides is 1. The summed E-state index contributed by atoms with van der Waals surface area (Å²) in [5.41, 5.74) is 2.92. The van der Waals surface area contributed by atoms with Gasteiger partial charge in [0.15, 0.2) is 0 Å². The van der Waals surface area contributed by atoms with E-state index in [-0.39, 0.29) is 23.8 Å². The first kappa shape index (κ1) is 24.6. The molecular weight excluding hydrogens is 494 g/mol. The third-order valence-corrected chi connectivity index (χ3v) is 8.56. The number of aryl methyl sites for hydroxylation is 1. The molecule has 0 aromatic heterocycles. The zero-order valence-electron chi connectivity index (χ0n) is 20.7. The van der Waals surface area contributed by atoms with Crippen LogP contribution in [0.4, 0.5) is 11.4 Å². The van der Waals surface area contributed by atoms with Crippen molar-refractivity contribution in [1.82, 2.24) is 4.90 Å². The van der Waals surface area contributed by atoms with E-state index in [0.29, 0.717) is 28.3 Å². The van der Waals surface area contributed by atoms with Crippen LogP contribution in [0.3, 0.4) is 0 Å². The number of para-hydroxylation sites is 1. The Morgan fingerprint density at radius 3 is 2.49 bits per heavy atom. The molecule has 0 radical (unpaired) electrons. The highest BCUT2D eigenvalue weighted by Crippen LogP contribution is 2.43. The molecular formula is C27H27N3O6S. The smallest absolute Gasteiger partial charge is 0.307 e. The zero-order chi connectivity index (χ0) is 26.3. The van der Waals surface area contributed by atoms with Crippen LogP contribution < -0.4 is 14.4 Å². The van der Waals surface area contributed by atoms with Crippen LogP contribution in [-0.2, 0) is 19.6 Å². The highest BCUT2D eigenvalue weighted by molar-refractivity contribution is 7.92. The number of hydrogen-bond donors (Lipinski definition) is 1. The van der Waals surface area contributed by atoms with Crippen molar-refractivity contribution in [3.8, 4) is 5.75 Å². The van der Waals surface area contributed by atoms with Crippen LogP contribution >= 0.6 is 0 Å². The number of carbonyl (C=O) groups is 2. The van der Waals surface area contributed by atoms with E-state index in [1.165, 1.54) is 18.5 Å². The van der Waals surface area contributed by atoms with Gasteiger partial charge >= 0.3 is 5.97 Å². The number of ether oxygens (including phenoxy) is 2. The fourth-order valence-corrected chi connectivity index (χ4v) is 6.39. The fraction of sp³-hybridized carbons (Fsp3) is 0.259. The Kier molecular flexibility index (Phi) is 6.28. The predicted molar refractivity (Wildman–Crippen MR) is 138 cm³/mol. The minimum Gasteiger partial charge on any atom is -0.497 e. The average molecular weight is 522 g/mol. The van der Waals surface area contributed by atoms with E-state index in [1.807, 2.05) is 6.92 Å². The number of benzene rings is 3. The number of rotatable bonds is 5. The van der Waals surface area contributed by atoms with Gasteiger partial charge in [-0.05, 0) is 43.3 Å². The van der Waals surface area contributed by atoms with Crippen LogP contribution in [0.2, 0.25) is 0 Å². The Labute approximate surface area is 215 Å². The number of hydrogen-bond acceptors (Lipinski definition) is 7. The lowest BCUT2D eigenvalue weighted by molar-refractivity contribution is -0.141. The number of nitrogens with one attached hydrogen (secondary N) is 1. The Hall–Kier alpha value is -4.05. The van der Waals surface area contributed by atoms with Crippen LogP contribution in [0.5, 0.6) is 5.75 Å². The second-order valence-electron chi connectivity index (χ2n) is 9.01. The summed E-state index contributed by atoms with van der Waals surface area (Å²) in [7, 11) is -1.25. The summed E-state index contributed by atoms with van der Waals surface area (Å²) in [5.74, 6) is -0.377. The number of methoxy groups -OCH3 is 2. The lowest BCUT2D eigenvalue weighted by Crippen LogP contribution is -2.52. The van der Waals surface area contributed by atoms with Crippen molar-refractivity contribution in [2.45, 2.75) is 30.4 Å². The van der Waals surface area contributed by atoms with Crippen LogP contribution in [0.15, 0.2) is 71.6 Å². The Bertz CT molecular complexity index is 1470. The fourth-order valence-electron chi connectivity index (χ4n) is 4.86. The first-order chi connectivity index (χ1) is 17.7. The third kappa shape index (κ3) is 4.27. The lowest BCUT2D eigenvalue weighted by Gasteiger charge is -2.41. The highest BCUT2D eigenvalue weighted by Gasteiger charge is 2.45. The summed E-state index contributed by atoms with van der Waals surface area (Å²) >= 11 is 0. The summed E-state index contributed by atoms with van der Waals surface area (Å²) in [6.45, 7) is 1.75. The molecule has 0 saturated carbocycles. The van der Waals surface area contributed by atoms with Gasteiger partial charge in [0.2, 0.25) is 0 Å². The standard InChI is InChI=1S/C27H27N3O6S/c1-17-8-11-20(12-9-17)37(33,34)29-16-18(14-25(31)36-3)30-26(21-6-4-5-7-24(21)29)28-23-13-10-19(35-2)15-22(23)27(30)32/h4-13,15,18,26,28H,14,16H2,1-3H3/t18-,26+/m1/s1. The van der Waals surface area contributed by atoms with Gasteiger partial charge in [-0.3, -0.25) is 13.9 Å². The number of fused-ring (bicyclic) bond motifs is 4. The van der Waals surface area contributed by atoms with E-state index in [4.69, 9.17) is 9.47 Å². The summed E-state index contributed by atoms with van der Waals surface area (Å²) in [6.07, 6.45) is -0.898. The van der Waals surface area contributed by atoms with Gasteiger partial charge in [-0.2, -0.15) is 0 Å². The molecule has 2 atom stereocenters. The number of nitrogens with zero attached hydrogens (tertiary/aromatic N) is 2. The quantitative estimate of drug-likeness (QED) is 0.511. The molecule has 1 N–H and O–H groups in total. The highest BCUT2D eigenvalue weighted by atomic mass is 32.2. The van der Waals surface area contributed by atoms with Gasteiger partial charge in [-0.25, -0.2) is 8.42 Å². The van der Waals surface area contributed by atoms with Crippen molar-refractivity contribution in [2.75, 3.05) is 30.4 Å². The molecule has 37 heavy (non-hydrogen) atoms. The number of carbonyl (C=O) groups excluding carboxylic acids is 2. The summed E-state index contributed by atoms with van der Waals surface area (Å²) in [4.78, 5) is 28.1. The zero-order valence-corrected chi connectivity index (χ0v) is 21.5. The second kappa shape index (κ2) is 9.44. The summed E-state index contributed by atoms with van der Waals surface area (Å²) in [6, 6.07) is 18.0. The molecule has 2 aliphatic heterocycles. The van der Waals surface area contributed by atoms with Gasteiger partial charge in [0.25, 0.3) is 15.9 Å². The molecule has 0 spiro atoms. The van der Waals surface area contributed by atoms with E-state index < -0.39 is 28.2 Å². The van der Waals surface area contributed by atoms with Gasteiger partial charge in [0, 0.05) is 11.3 Å². The van der Waals surface area contributed by atoms with Crippen LogP contribution in [0, 0.1) is 6.92 Å². The van der Waals surface area contributed by atoms with Gasteiger partial charge in [0.1, 0.15) is 11.9 Å². The molecule has 3 aromatic rings. The van der Waals surface area contributed by atoms with Crippen molar-refractivity contribution in [2.24, 2.45) is 0 Å². The maximum Gasteiger partial charge on any atom is 0.307 e. The molecule has 2 aliphatic rings. The monoisotopic (exact) mass is 521 g/mol. The average Bonchev–Trinajstić information content (AvgIpc) is 3.04. The number of anilines is 2. The topological polar surface area (TPSA) is 105 Å². The van der Waals surface area contributed by atoms with Crippen molar-refractivity contribution in [3.05, 3.63) is 83.4 Å². The predicted octanol–water partition coefficient (Wildman–Crippen LogP) is 3.71. The molecule has 0 fully saturated rings. The maximum absolute atomic E-state index is 14.0.